The Morgan fingerprint density at radius 2 is 0.562 bits per heavy atom. The second-order valence-electron chi connectivity index (χ2n) is 26.6. The van der Waals surface area contributed by atoms with Gasteiger partial charge >= 0.3 is 11.9 Å². The number of nitrogens with zero attached hydrogens (tertiary/aromatic N) is 1. The van der Waals surface area contributed by atoms with Crippen LogP contribution in [0.5, 0.6) is 0 Å². The molecule has 0 heterocycles. The number of allylic oxidation sites excluding steroid dienone is 28. The van der Waals surface area contributed by atoms with Crippen LogP contribution in [-0.2, 0) is 32.7 Å². The largest absolute Gasteiger partial charge is 0.756 e. The summed E-state index contributed by atoms with van der Waals surface area (Å²) in [7, 11) is 1.13. The molecule has 2 unspecified atom stereocenters. The highest BCUT2D eigenvalue weighted by molar-refractivity contribution is 7.45. The minimum Gasteiger partial charge on any atom is -0.756 e. The van der Waals surface area contributed by atoms with Gasteiger partial charge in [-0.05, 0) is 128 Å². The standard InChI is InChI=1S/C86H144NO8P/c1-6-8-10-12-14-16-18-20-22-24-26-28-30-32-34-36-38-39-40-41-42-43-44-45-46-47-49-50-52-54-56-58-60-62-64-66-68-70-72-74-76-78-85(88)92-82-84(83-94-96(90,91)93-81-80-87(3,4)5)95-86(89)79-77-75-73-71-69-67-65-63-61-59-57-55-53-51-48-37-35-33-31-29-27-25-23-21-19-17-15-13-11-9-7-2/h8-11,14-17,20-23,26-29,32-35,48,51,55,57,61,63,67,69,84H,6-7,12-13,18-19,24-25,30-31,36-47,49-50,52-54,56,58-60,62,64-66,68,70-83H2,1-5H3/b10-8-,11-9-,16-14-,17-15-,22-20-,23-21-,28-26-,29-27-,34-32-,35-33-,51-48-,57-55-,63-61-,69-67-. The number of phosphoric ester groups is 1. The molecule has 0 saturated heterocycles. The van der Waals surface area contributed by atoms with Crippen molar-refractivity contribution in [2.45, 2.75) is 315 Å². The molecule has 0 aromatic heterocycles. The predicted octanol–water partition coefficient (Wildman–Crippen LogP) is 25.4. The summed E-state index contributed by atoms with van der Waals surface area (Å²) >= 11 is 0. The zero-order chi connectivity index (χ0) is 69.7. The van der Waals surface area contributed by atoms with E-state index in [-0.39, 0.29) is 26.1 Å². The van der Waals surface area contributed by atoms with E-state index in [2.05, 4.69) is 184 Å². The first kappa shape index (κ1) is 91.4. The molecular weight excluding hydrogens is 1210 g/mol. The van der Waals surface area contributed by atoms with Gasteiger partial charge in [-0.15, -0.1) is 0 Å². The van der Waals surface area contributed by atoms with Crippen molar-refractivity contribution in [3.8, 4) is 0 Å². The van der Waals surface area contributed by atoms with Crippen molar-refractivity contribution in [1.82, 2.24) is 0 Å². The van der Waals surface area contributed by atoms with Gasteiger partial charge in [-0.25, -0.2) is 0 Å². The fraction of sp³-hybridized carbons (Fsp3) is 0.651. The molecule has 0 rings (SSSR count). The second kappa shape index (κ2) is 74.6. The highest BCUT2D eigenvalue weighted by Gasteiger charge is 2.22. The number of ether oxygens (including phenoxy) is 2. The Morgan fingerprint density at radius 1 is 0.323 bits per heavy atom. The molecule has 0 N–H and O–H groups in total. The van der Waals surface area contributed by atoms with E-state index in [0.717, 1.165) is 128 Å². The molecule has 96 heavy (non-hydrogen) atoms. The van der Waals surface area contributed by atoms with E-state index in [1.165, 1.54) is 148 Å². The van der Waals surface area contributed by atoms with Gasteiger partial charge in [-0.3, -0.25) is 14.2 Å². The number of likely N-dealkylation sites (N-methyl/N-ethyl adjacent to an activating group) is 1. The van der Waals surface area contributed by atoms with Gasteiger partial charge in [0.05, 0.1) is 27.7 Å². The Kier molecular flexibility index (Phi) is 71.0. The van der Waals surface area contributed by atoms with Crippen LogP contribution in [0.2, 0.25) is 0 Å². The summed E-state index contributed by atoms with van der Waals surface area (Å²) in [6.45, 7) is 3.98. The monoisotopic (exact) mass is 1350 g/mol. The van der Waals surface area contributed by atoms with Gasteiger partial charge < -0.3 is 27.9 Å². The van der Waals surface area contributed by atoms with Gasteiger partial charge in [-0.1, -0.05) is 338 Å². The smallest absolute Gasteiger partial charge is 0.306 e. The van der Waals surface area contributed by atoms with E-state index in [1.54, 1.807) is 0 Å². The maximum atomic E-state index is 12.9. The number of esters is 2. The van der Waals surface area contributed by atoms with Gasteiger partial charge in [-0.2, -0.15) is 0 Å². The fourth-order valence-corrected chi connectivity index (χ4v) is 11.1. The molecular formula is C86H144NO8P. The lowest BCUT2D eigenvalue weighted by atomic mass is 10.0. The van der Waals surface area contributed by atoms with Gasteiger partial charge in [0.15, 0.2) is 6.10 Å². The van der Waals surface area contributed by atoms with Crippen LogP contribution in [0.25, 0.3) is 0 Å². The van der Waals surface area contributed by atoms with Crippen molar-refractivity contribution in [2.75, 3.05) is 47.5 Å². The van der Waals surface area contributed by atoms with Crippen LogP contribution in [0.15, 0.2) is 170 Å². The lowest BCUT2D eigenvalue weighted by Gasteiger charge is -2.28. The average Bonchev–Trinajstić information content (AvgIpc) is 1.97. The summed E-state index contributed by atoms with van der Waals surface area (Å²) in [4.78, 5) is 38.1. The van der Waals surface area contributed by atoms with E-state index in [1.807, 2.05) is 21.1 Å². The van der Waals surface area contributed by atoms with Gasteiger partial charge in [0.1, 0.15) is 19.8 Å². The highest BCUT2D eigenvalue weighted by Crippen LogP contribution is 2.38. The van der Waals surface area contributed by atoms with Gasteiger partial charge in [0.2, 0.25) is 0 Å². The Bertz CT molecular complexity index is 2230. The van der Waals surface area contributed by atoms with E-state index in [0.29, 0.717) is 17.4 Å². The van der Waals surface area contributed by atoms with Crippen molar-refractivity contribution in [1.29, 1.82) is 0 Å². The summed E-state index contributed by atoms with van der Waals surface area (Å²) in [5.41, 5.74) is 0. The summed E-state index contributed by atoms with van der Waals surface area (Å²) < 4.78 is 34.3. The number of carbonyl (C=O) groups is 2. The summed E-state index contributed by atoms with van der Waals surface area (Å²) in [5, 5.41) is 0. The van der Waals surface area contributed by atoms with Crippen molar-refractivity contribution in [3.63, 3.8) is 0 Å². The predicted molar refractivity (Wildman–Crippen MR) is 415 cm³/mol. The first-order valence-electron chi connectivity index (χ1n) is 38.8. The summed E-state index contributed by atoms with van der Waals surface area (Å²) in [6.07, 6.45) is 113. The molecule has 0 aliphatic heterocycles. The van der Waals surface area contributed by atoms with Crippen LogP contribution >= 0.6 is 7.82 Å². The number of carbonyl (C=O) groups excluding carboxylic acids is 2. The minimum absolute atomic E-state index is 0.0445. The second-order valence-corrected chi connectivity index (χ2v) is 28.0. The Balaban J connectivity index is 4.03. The molecule has 0 saturated carbocycles. The molecule has 9 nitrogen and oxygen atoms in total. The molecule has 0 aliphatic rings. The van der Waals surface area contributed by atoms with Crippen LogP contribution < -0.4 is 4.89 Å². The van der Waals surface area contributed by atoms with Crippen LogP contribution in [0.4, 0.5) is 0 Å². The zero-order valence-corrected chi connectivity index (χ0v) is 63.2. The minimum atomic E-state index is -4.66. The molecule has 2 atom stereocenters. The molecule has 546 valence electrons. The van der Waals surface area contributed by atoms with Gasteiger partial charge in [0.25, 0.3) is 7.82 Å². The third-order valence-corrected chi connectivity index (χ3v) is 17.2. The number of phosphoric acid groups is 1. The SMILES string of the molecule is CC/C=C\C/C=C\C/C=C\C/C=C\C/C=C\C/C=C\C/C=C\C/C=C\C/C=C\CCCCCC(=O)OC(COC(=O)CCCCCCCCCCCCCCCCCCCCCCCCCCC/C=C\C/C=C\C/C=C\C/C=C\C/C=C\CC)COP(=O)([O-])OCC[N+](C)(C)C. The first-order chi connectivity index (χ1) is 47.0. The molecule has 0 aromatic carbocycles. The molecule has 0 amide bonds. The lowest BCUT2D eigenvalue weighted by molar-refractivity contribution is -0.870. The van der Waals surface area contributed by atoms with E-state index in [4.69, 9.17) is 18.5 Å². The molecule has 0 bridgehead atoms. The van der Waals surface area contributed by atoms with Crippen LogP contribution in [-0.4, -0.2) is 70.0 Å². The number of hydrogen-bond donors (Lipinski definition) is 0. The molecule has 0 radical (unpaired) electrons. The van der Waals surface area contributed by atoms with E-state index < -0.39 is 32.5 Å². The summed E-state index contributed by atoms with van der Waals surface area (Å²) in [5.74, 6) is -0.872. The van der Waals surface area contributed by atoms with Crippen molar-refractivity contribution < 1.29 is 42.1 Å². The van der Waals surface area contributed by atoms with Crippen molar-refractivity contribution in [2.24, 2.45) is 0 Å². The van der Waals surface area contributed by atoms with E-state index in [9.17, 15) is 19.0 Å². The van der Waals surface area contributed by atoms with E-state index >= 15 is 0 Å². The Hall–Kier alpha value is -4.63. The Morgan fingerprint density at radius 3 is 0.844 bits per heavy atom. The van der Waals surface area contributed by atoms with Crippen molar-refractivity contribution in [3.05, 3.63) is 170 Å². The van der Waals surface area contributed by atoms with Crippen LogP contribution in [0, 0.1) is 0 Å². The number of quaternary nitrogens is 1. The topological polar surface area (TPSA) is 111 Å². The summed E-state index contributed by atoms with van der Waals surface area (Å²) in [6, 6.07) is 0. The number of rotatable bonds is 70. The third-order valence-electron chi connectivity index (χ3n) is 16.2. The zero-order valence-electron chi connectivity index (χ0n) is 62.3. The highest BCUT2D eigenvalue weighted by atomic mass is 31.2. The van der Waals surface area contributed by atoms with Gasteiger partial charge in [0, 0.05) is 12.8 Å². The fourth-order valence-electron chi connectivity index (χ4n) is 10.4. The molecule has 0 fully saturated rings. The Labute approximate surface area is 591 Å². The van der Waals surface area contributed by atoms with Crippen LogP contribution in [0.3, 0.4) is 0 Å². The molecule has 10 heteroatoms. The molecule has 0 aliphatic carbocycles. The normalized spacial score (nSPS) is 14.0. The maximum Gasteiger partial charge on any atom is 0.306 e. The third kappa shape index (κ3) is 78.4. The average molecular weight is 1350 g/mol. The number of hydrogen-bond acceptors (Lipinski definition) is 8. The number of unbranched alkanes of at least 4 members (excludes halogenated alkanes) is 28. The maximum absolute atomic E-state index is 12.9. The first-order valence-corrected chi connectivity index (χ1v) is 40.3. The van der Waals surface area contributed by atoms with Crippen molar-refractivity contribution >= 4 is 19.8 Å². The molecule has 0 aromatic rings. The molecule has 0 spiro atoms. The van der Waals surface area contributed by atoms with Crippen LogP contribution in [0.1, 0.15) is 309 Å². The lowest BCUT2D eigenvalue weighted by Crippen LogP contribution is -2.37. The quantitative estimate of drug-likeness (QED) is 0.0195.